The number of carbonyl (C=O) groups excluding carboxylic acids is 1. The first-order valence-corrected chi connectivity index (χ1v) is 10.5. The van der Waals surface area contributed by atoms with Gasteiger partial charge in [0.05, 0.1) is 19.3 Å². The summed E-state index contributed by atoms with van der Waals surface area (Å²) in [6.07, 6.45) is 4.00. The third-order valence-corrected chi connectivity index (χ3v) is 8.66. The Morgan fingerprint density at radius 3 is 2.29 bits per heavy atom. The molecule has 0 aromatic carbocycles. The number of methoxy groups -OCH3 is 1. The second kappa shape index (κ2) is 8.71. The van der Waals surface area contributed by atoms with E-state index < -0.39 is 14.3 Å². The molecule has 1 rings (SSSR count). The Morgan fingerprint density at radius 2 is 1.95 bits per heavy atom. The molecule has 0 bridgehead atoms. The first kappa shape index (κ1) is 20.3. The van der Waals surface area contributed by atoms with E-state index >= 15 is 0 Å². The molecule has 1 aliphatic rings. The van der Waals surface area contributed by atoms with Crippen molar-refractivity contribution in [3.05, 3.63) is 12.7 Å². The summed E-state index contributed by atoms with van der Waals surface area (Å²) >= 11 is 0. The molecule has 1 aliphatic heterocycles. The van der Waals surface area contributed by atoms with E-state index in [1.807, 2.05) is 0 Å². The molecule has 0 aliphatic carbocycles. The molecule has 5 heteroatoms. The molecule has 21 heavy (non-hydrogen) atoms. The van der Waals surface area contributed by atoms with E-state index in [2.05, 4.69) is 52.1 Å². The van der Waals surface area contributed by atoms with Gasteiger partial charge in [-0.25, -0.2) is 4.79 Å². The predicted molar refractivity (Wildman–Crippen MR) is 88.9 cm³/mol. The lowest BCUT2D eigenvalue weighted by Gasteiger charge is -2.42. The molecule has 0 saturated carbocycles. The van der Waals surface area contributed by atoms with E-state index in [0.717, 1.165) is 25.5 Å². The second-order valence-electron chi connectivity index (χ2n) is 6.86. The van der Waals surface area contributed by atoms with Gasteiger partial charge in [0, 0.05) is 12.7 Å². The van der Waals surface area contributed by atoms with Crippen LogP contribution in [0.3, 0.4) is 0 Å². The third kappa shape index (κ3) is 7.25. The molecule has 1 saturated heterocycles. The first-order valence-electron chi connectivity index (χ1n) is 7.55. The Balaban J connectivity index is 0.000000567. The topological polar surface area (TPSA) is 44.8 Å². The summed E-state index contributed by atoms with van der Waals surface area (Å²) < 4.78 is 16.2. The van der Waals surface area contributed by atoms with Crippen molar-refractivity contribution in [1.29, 1.82) is 0 Å². The maximum Gasteiger partial charge on any atom is 0.329 e. The average molecular weight is 317 g/mol. The van der Waals surface area contributed by atoms with Crippen molar-refractivity contribution in [1.82, 2.24) is 0 Å². The fourth-order valence-corrected chi connectivity index (χ4v) is 3.11. The van der Waals surface area contributed by atoms with Gasteiger partial charge in [0.2, 0.25) is 0 Å². The van der Waals surface area contributed by atoms with Crippen LogP contribution in [0.15, 0.2) is 12.7 Å². The van der Waals surface area contributed by atoms with Crippen LogP contribution < -0.4 is 0 Å². The highest BCUT2D eigenvalue weighted by Gasteiger charge is 2.40. The minimum Gasteiger partial charge on any atom is -0.466 e. The van der Waals surface area contributed by atoms with Gasteiger partial charge in [-0.1, -0.05) is 27.4 Å². The molecule has 124 valence electrons. The Labute approximate surface area is 131 Å². The fourth-order valence-electron chi connectivity index (χ4n) is 1.69. The van der Waals surface area contributed by atoms with Crippen molar-refractivity contribution in [3.63, 3.8) is 0 Å². The van der Waals surface area contributed by atoms with E-state index in [1.165, 1.54) is 7.11 Å². The molecule has 2 atom stereocenters. The van der Waals surface area contributed by atoms with Gasteiger partial charge in [0.1, 0.15) is 0 Å². The normalized spacial score (nSPS) is 22.8. The molecule has 1 heterocycles. The van der Waals surface area contributed by atoms with Crippen molar-refractivity contribution in [3.8, 4) is 0 Å². The summed E-state index contributed by atoms with van der Waals surface area (Å²) in [7, 11) is -0.305. The Morgan fingerprint density at radius 1 is 1.38 bits per heavy atom. The smallest absolute Gasteiger partial charge is 0.329 e. The fraction of sp³-hybridized carbons (Fsp3) is 0.812. The molecule has 1 fully saturated rings. The summed E-state index contributed by atoms with van der Waals surface area (Å²) in [5, 5.41) is 0.296. The van der Waals surface area contributed by atoms with Crippen LogP contribution in [0.25, 0.3) is 0 Å². The predicted octanol–water partition coefficient (Wildman–Crippen LogP) is 3.92. The largest absolute Gasteiger partial charge is 0.466 e. The Bertz CT molecular complexity index is 334. The molecule has 0 aromatic heterocycles. The number of esters is 1. The molecule has 4 nitrogen and oxygen atoms in total. The molecular formula is C16H32O4Si. The zero-order valence-electron chi connectivity index (χ0n) is 14.7. The van der Waals surface area contributed by atoms with Crippen LogP contribution in [0.2, 0.25) is 18.1 Å². The van der Waals surface area contributed by atoms with E-state index in [0.29, 0.717) is 11.1 Å². The SMILES string of the molecule is C=CC(=O)OC.C[C@H]1OCCC[C@@H]1O[Si](C)(C)C(C)(C)C. The molecule has 0 aromatic rings. The van der Waals surface area contributed by atoms with Gasteiger partial charge in [-0.2, -0.15) is 0 Å². The van der Waals surface area contributed by atoms with Gasteiger partial charge in [0.15, 0.2) is 8.32 Å². The molecule has 0 amide bonds. The van der Waals surface area contributed by atoms with Crippen LogP contribution in [0.5, 0.6) is 0 Å². The van der Waals surface area contributed by atoms with Gasteiger partial charge < -0.3 is 13.9 Å². The lowest BCUT2D eigenvalue weighted by molar-refractivity contribution is -0.134. The molecule has 0 radical (unpaired) electrons. The average Bonchev–Trinajstić information content (AvgIpc) is 2.39. The van der Waals surface area contributed by atoms with Gasteiger partial charge in [-0.3, -0.25) is 0 Å². The van der Waals surface area contributed by atoms with Crippen molar-refractivity contribution in [2.45, 2.75) is 70.9 Å². The standard InChI is InChI=1S/C12H26O2Si.C4H6O2/c1-10-11(8-7-9-13-10)14-15(5,6)12(2,3)4;1-3-4(5)6-2/h10-11H,7-9H2,1-6H3;3H,1H2,2H3/t10-,11+;/m1./s1. The molecule has 0 unspecified atom stereocenters. The van der Waals surface area contributed by atoms with Crippen molar-refractivity contribution < 1.29 is 18.7 Å². The van der Waals surface area contributed by atoms with Crippen LogP contribution >= 0.6 is 0 Å². The zero-order valence-corrected chi connectivity index (χ0v) is 15.7. The van der Waals surface area contributed by atoms with Gasteiger partial charge in [-0.15, -0.1) is 0 Å². The summed E-state index contributed by atoms with van der Waals surface area (Å²) in [4.78, 5) is 9.84. The highest BCUT2D eigenvalue weighted by atomic mass is 28.4. The number of carbonyl (C=O) groups is 1. The van der Waals surface area contributed by atoms with E-state index in [4.69, 9.17) is 9.16 Å². The van der Waals surface area contributed by atoms with Crippen molar-refractivity contribution in [2.24, 2.45) is 0 Å². The summed E-state index contributed by atoms with van der Waals surface area (Å²) in [5.74, 6) is -0.394. The van der Waals surface area contributed by atoms with E-state index in [1.54, 1.807) is 0 Å². The number of hydrogen-bond donors (Lipinski definition) is 0. The Hall–Kier alpha value is -0.653. The van der Waals surface area contributed by atoms with Gasteiger partial charge in [0.25, 0.3) is 0 Å². The van der Waals surface area contributed by atoms with Crippen LogP contribution in [0.1, 0.15) is 40.5 Å². The number of ether oxygens (including phenoxy) is 2. The van der Waals surface area contributed by atoms with Crippen LogP contribution in [0.4, 0.5) is 0 Å². The molecule has 0 spiro atoms. The van der Waals surface area contributed by atoms with E-state index in [9.17, 15) is 4.79 Å². The maximum absolute atomic E-state index is 9.84. The van der Waals surface area contributed by atoms with Crippen LogP contribution in [-0.4, -0.2) is 40.2 Å². The quantitative estimate of drug-likeness (QED) is 0.450. The van der Waals surface area contributed by atoms with E-state index in [-0.39, 0.29) is 6.10 Å². The number of hydrogen-bond acceptors (Lipinski definition) is 4. The van der Waals surface area contributed by atoms with Gasteiger partial charge >= 0.3 is 5.97 Å². The Kier molecular flexibility index (Phi) is 8.44. The molecular weight excluding hydrogens is 284 g/mol. The minimum atomic E-state index is -1.61. The highest BCUT2D eigenvalue weighted by Crippen LogP contribution is 2.38. The minimum absolute atomic E-state index is 0.271. The van der Waals surface area contributed by atoms with Crippen molar-refractivity contribution >= 4 is 14.3 Å². The van der Waals surface area contributed by atoms with Crippen LogP contribution in [0, 0.1) is 0 Å². The maximum atomic E-state index is 9.84. The summed E-state index contributed by atoms with van der Waals surface area (Å²) in [6, 6.07) is 0. The van der Waals surface area contributed by atoms with Gasteiger partial charge in [-0.05, 0) is 37.9 Å². The summed E-state index contributed by atoms with van der Waals surface area (Å²) in [5.41, 5.74) is 0. The zero-order chi connectivity index (χ0) is 16.7. The highest BCUT2D eigenvalue weighted by molar-refractivity contribution is 6.74. The first-order chi connectivity index (χ1) is 9.55. The van der Waals surface area contributed by atoms with Crippen molar-refractivity contribution in [2.75, 3.05) is 13.7 Å². The third-order valence-electron chi connectivity index (χ3n) is 4.16. The number of rotatable bonds is 3. The lowest BCUT2D eigenvalue weighted by Crippen LogP contribution is -2.48. The molecule has 0 N–H and O–H groups in total. The summed E-state index contributed by atoms with van der Waals surface area (Å²) in [6.45, 7) is 17.7. The second-order valence-corrected chi connectivity index (χ2v) is 11.6. The van der Waals surface area contributed by atoms with Crippen LogP contribution in [-0.2, 0) is 18.7 Å². The lowest BCUT2D eigenvalue weighted by atomic mass is 10.1. The monoisotopic (exact) mass is 316 g/mol.